The van der Waals surface area contributed by atoms with Gasteiger partial charge in [0.1, 0.15) is 11.9 Å². The second-order valence-corrected chi connectivity index (χ2v) is 11.9. The molecular weight excluding hydrogens is 599 g/mol. The van der Waals surface area contributed by atoms with Crippen LogP contribution < -0.4 is 20.7 Å². The molecule has 2 aromatic carbocycles. The summed E-state index contributed by atoms with van der Waals surface area (Å²) in [5.41, 5.74) is 8.28. The number of esters is 1. The number of halogens is 3. The number of alkyl halides is 3. The molecule has 13 heteroatoms. The fraction of sp³-hybridized carbons (Fsp3) is 0.394. The molecule has 2 saturated heterocycles. The molecule has 0 aliphatic carbocycles. The summed E-state index contributed by atoms with van der Waals surface area (Å²) in [6.45, 7) is 5.74. The molecule has 2 aliphatic heterocycles. The van der Waals surface area contributed by atoms with E-state index in [1.165, 1.54) is 16.8 Å². The largest absolute Gasteiger partial charge is 0.465 e. The number of aromatic nitrogens is 4. The van der Waals surface area contributed by atoms with Crippen LogP contribution in [-0.2, 0) is 9.53 Å². The van der Waals surface area contributed by atoms with E-state index in [1.807, 2.05) is 35.2 Å². The fourth-order valence-corrected chi connectivity index (χ4v) is 6.32. The van der Waals surface area contributed by atoms with Crippen molar-refractivity contribution in [2.45, 2.75) is 51.4 Å². The summed E-state index contributed by atoms with van der Waals surface area (Å²) in [4.78, 5) is 22.6. The normalized spacial score (nSPS) is 18.5. The van der Waals surface area contributed by atoms with Crippen molar-refractivity contribution in [2.24, 2.45) is 5.41 Å². The number of nitrogen functional groups attached to an aromatic ring is 1. The van der Waals surface area contributed by atoms with Crippen LogP contribution in [0.5, 0.6) is 5.88 Å². The van der Waals surface area contributed by atoms with Crippen molar-refractivity contribution in [3.8, 4) is 22.7 Å². The quantitative estimate of drug-likeness (QED) is 0.245. The molecule has 2 fully saturated rings. The first-order chi connectivity index (χ1) is 22.0. The number of rotatable bonds is 8. The highest BCUT2D eigenvalue weighted by Crippen LogP contribution is 2.43. The summed E-state index contributed by atoms with van der Waals surface area (Å²) >= 11 is 0. The highest BCUT2D eigenvalue weighted by Gasteiger charge is 2.46. The maximum Gasteiger partial charge on any atom is 0.429 e. The molecule has 2 aromatic heterocycles. The number of nitrogens with one attached hydrogen (secondary N) is 1. The number of hydrogen-bond donors (Lipinski definition) is 2. The number of nitrogens with zero attached hydrogens (tertiary/aromatic N) is 5. The zero-order valence-corrected chi connectivity index (χ0v) is 25.6. The number of carbonyl (C=O) groups excluding carboxylic acids is 1. The molecule has 0 radical (unpaired) electrons. The molecule has 10 nitrogen and oxygen atoms in total. The summed E-state index contributed by atoms with van der Waals surface area (Å²) in [7, 11) is 0. The van der Waals surface area contributed by atoms with Crippen LogP contribution in [0.15, 0.2) is 66.9 Å². The minimum absolute atomic E-state index is 0.0691. The predicted octanol–water partition coefficient (Wildman–Crippen LogP) is 5.41. The third-order valence-corrected chi connectivity index (χ3v) is 8.71. The van der Waals surface area contributed by atoms with Gasteiger partial charge in [-0.2, -0.15) is 28.2 Å². The molecule has 4 aromatic rings. The topological polar surface area (TPSA) is 120 Å². The van der Waals surface area contributed by atoms with E-state index in [1.54, 1.807) is 38.2 Å². The van der Waals surface area contributed by atoms with Crippen molar-refractivity contribution in [3.05, 3.63) is 78.1 Å². The lowest BCUT2D eigenvalue weighted by Crippen LogP contribution is -2.41. The van der Waals surface area contributed by atoms with Crippen molar-refractivity contribution in [1.29, 1.82) is 0 Å². The van der Waals surface area contributed by atoms with E-state index in [-0.39, 0.29) is 40.5 Å². The number of benzene rings is 2. The number of nitrogens with two attached hydrogens (primary N) is 1. The minimum atomic E-state index is -4.80. The van der Waals surface area contributed by atoms with Crippen LogP contribution >= 0.6 is 0 Å². The standard InChI is InChI=1S/C33H36F3N7O3/c1-3-45-30(44)25-19-32(20-38-25)12-15-42(16-13-32)27-18-28(40-31(37)39-27)46-29(33(34,35)36)24-10-9-23(22-7-5-4-6-8-22)17-26(24)43-14-11-21(2)41-43/h4-11,14,17-18,25,29,38H,3,12-13,15-16,19-20H2,1-2H3,(H2,37,39,40)/t25-,29+/m0/s1. The Morgan fingerprint density at radius 2 is 1.85 bits per heavy atom. The Kier molecular flexibility index (Phi) is 8.60. The fourth-order valence-electron chi connectivity index (χ4n) is 6.32. The average molecular weight is 636 g/mol. The monoisotopic (exact) mass is 635 g/mol. The number of ether oxygens (including phenoxy) is 2. The Balaban J connectivity index is 1.26. The lowest BCUT2D eigenvalue weighted by Gasteiger charge is -2.39. The Labute approximate surface area is 264 Å². The summed E-state index contributed by atoms with van der Waals surface area (Å²) in [5, 5.41) is 7.69. The van der Waals surface area contributed by atoms with Crippen LogP contribution in [0.2, 0.25) is 0 Å². The molecule has 242 valence electrons. The van der Waals surface area contributed by atoms with Gasteiger partial charge in [-0.3, -0.25) is 4.79 Å². The molecule has 6 rings (SSSR count). The second-order valence-electron chi connectivity index (χ2n) is 11.9. The van der Waals surface area contributed by atoms with E-state index in [2.05, 4.69) is 20.4 Å². The van der Waals surface area contributed by atoms with Crippen LogP contribution in [0.1, 0.15) is 43.5 Å². The lowest BCUT2D eigenvalue weighted by molar-refractivity contribution is -0.198. The third-order valence-electron chi connectivity index (χ3n) is 8.71. The molecule has 3 N–H and O–H groups in total. The van der Waals surface area contributed by atoms with E-state index in [0.717, 1.165) is 24.0 Å². The maximum atomic E-state index is 14.8. The Bertz CT molecular complexity index is 1690. The van der Waals surface area contributed by atoms with Gasteiger partial charge in [-0.05, 0) is 61.8 Å². The van der Waals surface area contributed by atoms with Crippen LogP contribution in [0.4, 0.5) is 24.9 Å². The van der Waals surface area contributed by atoms with E-state index in [4.69, 9.17) is 15.2 Å². The van der Waals surface area contributed by atoms with Gasteiger partial charge in [0.25, 0.3) is 0 Å². The van der Waals surface area contributed by atoms with Gasteiger partial charge in [-0.1, -0.05) is 42.5 Å². The molecule has 46 heavy (non-hydrogen) atoms. The molecule has 2 aliphatic rings. The summed E-state index contributed by atoms with van der Waals surface area (Å²) < 4.78 is 56.7. The molecule has 4 heterocycles. The summed E-state index contributed by atoms with van der Waals surface area (Å²) in [6.07, 6.45) is -3.34. The second kappa shape index (κ2) is 12.6. The highest BCUT2D eigenvalue weighted by atomic mass is 19.4. The van der Waals surface area contributed by atoms with Gasteiger partial charge < -0.3 is 25.4 Å². The van der Waals surface area contributed by atoms with Crippen LogP contribution in [0.25, 0.3) is 16.8 Å². The van der Waals surface area contributed by atoms with Crippen LogP contribution in [-0.4, -0.2) is 64.2 Å². The average Bonchev–Trinajstić information content (AvgIpc) is 3.66. The number of hydrogen-bond acceptors (Lipinski definition) is 9. The lowest BCUT2D eigenvalue weighted by atomic mass is 9.76. The van der Waals surface area contributed by atoms with Crippen LogP contribution in [0.3, 0.4) is 0 Å². The zero-order chi connectivity index (χ0) is 32.5. The van der Waals surface area contributed by atoms with Crippen molar-refractivity contribution < 1.29 is 27.4 Å². The first-order valence-electron chi connectivity index (χ1n) is 15.3. The summed E-state index contributed by atoms with van der Waals surface area (Å²) in [5.74, 6) is -0.341. The summed E-state index contributed by atoms with van der Waals surface area (Å²) in [6, 6.07) is 16.9. The molecule has 0 saturated carbocycles. The molecule has 0 unspecified atom stereocenters. The molecule has 2 atom stereocenters. The van der Waals surface area contributed by atoms with Crippen molar-refractivity contribution in [1.82, 2.24) is 25.1 Å². The van der Waals surface area contributed by atoms with Crippen molar-refractivity contribution >= 4 is 17.7 Å². The Hall–Kier alpha value is -4.65. The van der Waals surface area contributed by atoms with E-state index < -0.39 is 12.3 Å². The molecule has 0 bridgehead atoms. The Morgan fingerprint density at radius 1 is 1.09 bits per heavy atom. The number of aryl methyl sites for hydroxylation is 1. The molecular formula is C33H36F3N7O3. The zero-order valence-electron chi connectivity index (χ0n) is 25.6. The van der Waals surface area contributed by atoms with Gasteiger partial charge in [-0.15, -0.1) is 0 Å². The van der Waals surface area contributed by atoms with E-state index in [0.29, 0.717) is 44.2 Å². The van der Waals surface area contributed by atoms with Crippen molar-refractivity contribution in [3.63, 3.8) is 0 Å². The first-order valence-corrected chi connectivity index (χ1v) is 15.3. The van der Waals surface area contributed by atoms with Gasteiger partial charge in [-0.25, -0.2) is 4.68 Å². The van der Waals surface area contributed by atoms with Gasteiger partial charge in [0.2, 0.25) is 17.9 Å². The van der Waals surface area contributed by atoms with Crippen LogP contribution in [0, 0.1) is 12.3 Å². The number of carbonyl (C=O) groups is 1. The maximum absolute atomic E-state index is 14.8. The SMILES string of the molecule is CCOC(=O)[C@@H]1CC2(CCN(c3cc(O[C@H](c4ccc(-c5ccccc5)cc4-n4ccc(C)n4)C(F)(F)F)nc(N)n3)CC2)CN1. The number of anilines is 2. The smallest absolute Gasteiger partial charge is 0.429 e. The first kappa shape index (κ1) is 31.3. The van der Waals surface area contributed by atoms with Gasteiger partial charge in [0.15, 0.2) is 0 Å². The minimum Gasteiger partial charge on any atom is -0.465 e. The predicted molar refractivity (Wildman–Crippen MR) is 167 cm³/mol. The van der Waals surface area contributed by atoms with Gasteiger partial charge in [0, 0.05) is 37.5 Å². The van der Waals surface area contributed by atoms with E-state index >= 15 is 0 Å². The third kappa shape index (κ3) is 6.64. The van der Waals surface area contributed by atoms with Gasteiger partial charge in [0.05, 0.1) is 18.0 Å². The molecule has 1 spiro atoms. The number of piperidine rings is 1. The highest BCUT2D eigenvalue weighted by molar-refractivity contribution is 5.76. The van der Waals surface area contributed by atoms with Crippen molar-refractivity contribution in [2.75, 3.05) is 36.9 Å². The van der Waals surface area contributed by atoms with E-state index in [9.17, 15) is 18.0 Å². The Morgan fingerprint density at radius 3 is 2.52 bits per heavy atom. The molecule has 0 amide bonds. The van der Waals surface area contributed by atoms with Gasteiger partial charge >= 0.3 is 12.1 Å².